The zero-order chi connectivity index (χ0) is 21.4. The van der Waals surface area contributed by atoms with Gasteiger partial charge in [0.2, 0.25) is 12.3 Å². The summed E-state index contributed by atoms with van der Waals surface area (Å²) in [5, 5.41) is 8.16. The normalized spacial score (nSPS) is 19.7. The molecule has 2 rings (SSSR count). The predicted octanol–water partition coefficient (Wildman–Crippen LogP) is -7.09. The van der Waals surface area contributed by atoms with E-state index < -0.39 is 66.5 Å². The van der Waals surface area contributed by atoms with Gasteiger partial charge in [0.25, 0.3) is 23.9 Å². The largest absolute Gasteiger partial charge is 0.998 e. The molecule has 152 valence electrons. The van der Waals surface area contributed by atoms with Crippen LogP contribution in [-0.4, -0.2) is 95.2 Å². The van der Waals surface area contributed by atoms with Gasteiger partial charge in [0.05, 0.1) is 0 Å². The molecular weight excluding hydrogens is 422 g/mol. The molecule has 6 amide bonds. The Balaban J connectivity index is 0.000000280. The third-order valence-corrected chi connectivity index (χ3v) is 3.31. The third-order valence-electron chi connectivity index (χ3n) is 2.44. The minimum absolute atomic E-state index is 0.338. The molecule has 2 heterocycles. The maximum Gasteiger partial charge on any atom is 0.998 e. The molecule has 12 N–H and O–H groups in total. The van der Waals surface area contributed by atoms with E-state index >= 15 is 0 Å². The Morgan fingerprint density at radius 2 is 1.18 bits per heavy atom. The van der Waals surface area contributed by atoms with Crippen molar-refractivity contribution in [2.24, 2.45) is 21.5 Å². The molecule has 0 fully saturated rings. The van der Waals surface area contributed by atoms with Crippen LogP contribution in [0.5, 0.6) is 0 Å². The summed E-state index contributed by atoms with van der Waals surface area (Å²) in [6, 6.07) is -2.51. The van der Waals surface area contributed by atoms with Crippen LogP contribution < -0.4 is 32.7 Å². The molecule has 2 aliphatic heterocycles. The Labute approximate surface area is 165 Å². The van der Waals surface area contributed by atoms with Crippen LogP contribution in [0.4, 0.5) is 9.59 Å². The van der Waals surface area contributed by atoms with Crippen molar-refractivity contribution in [3.05, 3.63) is 0 Å². The molecule has 28 heavy (non-hydrogen) atoms. The summed E-state index contributed by atoms with van der Waals surface area (Å²) in [7, 11) is 0. The highest BCUT2D eigenvalue weighted by molar-refractivity contribution is 6.37. The molecule has 2 atom stereocenters. The average molecular weight is 436 g/mol. The number of nitrogens with two attached hydrogens (primary N) is 2. The molecule has 2 unspecified atom stereocenters. The first-order chi connectivity index (χ1) is 13.0. The second kappa shape index (κ2) is 10.6. The van der Waals surface area contributed by atoms with Crippen LogP contribution in [0.1, 0.15) is 0 Å². The fourth-order valence-electron chi connectivity index (χ4n) is 1.55. The van der Waals surface area contributed by atoms with Crippen molar-refractivity contribution < 1.29 is 43.4 Å². The van der Waals surface area contributed by atoms with E-state index in [-0.39, 0.29) is 12.0 Å². The predicted molar refractivity (Wildman–Crippen MR) is 86.7 cm³/mol. The van der Waals surface area contributed by atoms with Gasteiger partial charge in [0.15, 0.2) is 0 Å². The summed E-state index contributed by atoms with van der Waals surface area (Å²) in [5.41, 5.74) is 9.50. The third kappa shape index (κ3) is 8.34. The number of urea groups is 2. The molecule has 2 aliphatic rings. The molecule has 20 heteroatoms. The highest BCUT2D eigenvalue weighted by Crippen LogP contribution is 1.98. The van der Waals surface area contributed by atoms with Crippen LogP contribution in [-0.2, 0) is 17.2 Å². The van der Waals surface area contributed by atoms with E-state index in [9.17, 15) is 19.2 Å². The van der Waals surface area contributed by atoms with Crippen molar-refractivity contribution in [2.75, 3.05) is 0 Å². The lowest BCUT2D eigenvalue weighted by Crippen LogP contribution is -2.43. The van der Waals surface area contributed by atoms with E-state index in [0.717, 1.165) is 0 Å². The quantitative estimate of drug-likeness (QED) is 0.186. The number of rotatable bonds is 4. The SMILES string of the molecule is NC(=O)NC1N=C([O][Al]([OH])[OH])NC1=O.NC(=O)NC1N=C([O][Al]([OH])[OH])NC1=O. The number of aliphatic imine (C=N–C) groups is 2. The van der Waals surface area contributed by atoms with Crippen molar-refractivity contribution in [1.82, 2.24) is 21.3 Å². The maximum absolute atomic E-state index is 11.0. The molecule has 0 saturated carbocycles. The van der Waals surface area contributed by atoms with Crippen LogP contribution in [0.25, 0.3) is 0 Å². The second-order valence-electron chi connectivity index (χ2n) is 4.56. The number of nitrogens with zero attached hydrogens (tertiary/aromatic N) is 2. The van der Waals surface area contributed by atoms with Crippen LogP contribution in [0.2, 0.25) is 0 Å². The second-order valence-corrected chi connectivity index (χ2v) is 6.33. The van der Waals surface area contributed by atoms with E-state index in [1.54, 1.807) is 0 Å². The van der Waals surface area contributed by atoms with Gasteiger partial charge in [-0.25, -0.2) is 19.6 Å². The molecular formula is C8H14Al2N8O10. The number of carbonyl (C=O) groups is 4. The summed E-state index contributed by atoms with van der Waals surface area (Å²) < 4.78 is 42.7. The smallest absolute Gasteiger partial charge is 0.572 e. The van der Waals surface area contributed by atoms with Gasteiger partial charge < -0.3 is 46.3 Å². The van der Waals surface area contributed by atoms with Gasteiger partial charge in [-0.2, -0.15) is 0 Å². The number of nitrogens with one attached hydrogen (secondary N) is 4. The number of hydrogen-bond acceptors (Lipinski definition) is 12. The fraction of sp³-hybridized carbons (Fsp3) is 0.250. The van der Waals surface area contributed by atoms with Crippen molar-refractivity contribution in [3.63, 3.8) is 0 Å². The van der Waals surface area contributed by atoms with Gasteiger partial charge in [-0.05, 0) is 0 Å². The number of primary amides is 2. The van der Waals surface area contributed by atoms with Crippen molar-refractivity contribution in [2.45, 2.75) is 12.3 Å². The van der Waals surface area contributed by atoms with Crippen molar-refractivity contribution >= 4 is 66.2 Å². The zero-order valence-corrected chi connectivity index (χ0v) is 15.9. The first-order valence-electron chi connectivity index (χ1n) is 6.92. The lowest BCUT2D eigenvalue weighted by atomic mass is 10.5. The van der Waals surface area contributed by atoms with Crippen LogP contribution in [0.3, 0.4) is 0 Å². The average Bonchev–Trinajstić information content (AvgIpc) is 3.00. The monoisotopic (exact) mass is 436 g/mol. The van der Waals surface area contributed by atoms with E-state index in [1.165, 1.54) is 0 Å². The molecule has 0 radical (unpaired) electrons. The minimum atomic E-state index is -3.30. The van der Waals surface area contributed by atoms with Gasteiger partial charge in [-0.15, -0.1) is 0 Å². The van der Waals surface area contributed by atoms with Gasteiger partial charge in [-0.1, -0.05) is 0 Å². The van der Waals surface area contributed by atoms with Crippen molar-refractivity contribution in [3.8, 4) is 0 Å². The topological polar surface area (TPSA) is 293 Å². The first-order valence-corrected chi connectivity index (χ1v) is 9.93. The highest BCUT2D eigenvalue weighted by atomic mass is 27.3. The Bertz CT molecular complexity index is 641. The number of amides is 6. The molecule has 0 spiro atoms. The zero-order valence-electron chi connectivity index (χ0n) is 13.6. The molecule has 0 aromatic heterocycles. The minimum Gasteiger partial charge on any atom is -0.572 e. The standard InChI is InChI=1S/2C4H6N4O3.2Al.4H2O/c2*5-3(10)6-1-2(9)8-4(11)7-1;;;;;;/h2*1H,(H3,5,6,10)(H2,7,8,9,11);;;4*1H2/q;;2*+3;;;;/p-6. The number of amidine groups is 2. The summed E-state index contributed by atoms with van der Waals surface area (Å²) in [6.07, 6.45) is -2.37. The highest BCUT2D eigenvalue weighted by Gasteiger charge is 2.34. The lowest BCUT2D eigenvalue weighted by molar-refractivity contribution is -0.121. The van der Waals surface area contributed by atoms with E-state index in [1.807, 2.05) is 10.6 Å². The molecule has 0 aromatic rings. The molecule has 18 nitrogen and oxygen atoms in total. The number of carbonyl (C=O) groups excluding carboxylic acids is 4. The molecule has 0 aliphatic carbocycles. The maximum atomic E-state index is 11.0. The molecule has 0 saturated heterocycles. The first kappa shape index (κ1) is 23.4. The van der Waals surface area contributed by atoms with Crippen LogP contribution in [0, 0.1) is 0 Å². The van der Waals surface area contributed by atoms with Crippen LogP contribution in [0.15, 0.2) is 9.98 Å². The molecule has 0 bridgehead atoms. The summed E-state index contributed by atoms with van der Waals surface area (Å²) in [5.74, 6) is -1.32. The van der Waals surface area contributed by atoms with Gasteiger partial charge in [-0.3, -0.25) is 20.2 Å². The Morgan fingerprint density at radius 3 is 1.43 bits per heavy atom. The summed E-state index contributed by atoms with van der Waals surface area (Å²) in [6.45, 7) is 0. The van der Waals surface area contributed by atoms with E-state index in [2.05, 4.69) is 28.2 Å². The van der Waals surface area contributed by atoms with Gasteiger partial charge >= 0.3 is 42.4 Å². The Hall–Kier alpha value is -2.68. The fourth-order valence-corrected chi connectivity index (χ4v) is 2.19. The summed E-state index contributed by atoms with van der Waals surface area (Å²) in [4.78, 5) is 49.6. The van der Waals surface area contributed by atoms with Gasteiger partial charge in [0.1, 0.15) is 0 Å². The van der Waals surface area contributed by atoms with Gasteiger partial charge in [0, 0.05) is 0 Å². The molecule has 0 aromatic carbocycles. The van der Waals surface area contributed by atoms with E-state index in [0.29, 0.717) is 0 Å². The Kier molecular flexibility index (Phi) is 8.85. The van der Waals surface area contributed by atoms with Crippen LogP contribution >= 0.6 is 0 Å². The lowest BCUT2D eigenvalue weighted by Gasteiger charge is -2.02. The Morgan fingerprint density at radius 1 is 0.857 bits per heavy atom. The summed E-state index contributed by atoms with van der Waals surface area (Å²) >= 11 is -6.61. The van der Waals surface area contributed by atoms with E-state index in [4.69, 9.17) is 28.1 Å². The van der Waals surface area contributed by atoms with Crippen molar-refractivity contribution in [1.29, 1.82) is 0 Å². The number of hydrogen-bond donors (Lipinski definition) is 10.